The molecule has 0 amide bonds. The molecule has 0 aromatic carbocycles. The summed E-state index contributed by atoms with van der Waals surface area (Å²) in [6.45, 7) is 0. The highest BCUT2D eigenvalue weighted by Gasteiger charge is 2.19. The Balaban J connectivity index is 2.99. The lowest BCUT2D eigenvalue weighted by Crippen LogP contribution is -2.16. The van der Waals surface area contributed by atoms with Gasteiger partial charge in [0.2, 0.25) is 0 Å². The van der Waals surface area contributed by atoms with Crippen LogP contribution in [0.25, 0.3) is 0 Å². The Bertz CT molecular complexity index is 427. The highest BCUT2D eigenvalue weighted by atomic mass is 16.5. The molecule has 84 valence electrons. The van der Waals surface area contributed by atoms with E-state index in [0.717, 1.165) is 0 Å². The first-order valence-electron chi connectivity index (χ1n) is 4.39. The summed E-state index contributed by atoms with van der Waals surface area (Å²) in [5.41, 5.74) is 0.320. The van der Waals surface area contributed by atoms with E-state index in [1.165, 1.54) is 31.6 Å². The number of aromatic nitrogens is 1. The minimum absolute atomic E-state index is 0.143. The summed E-state index contributed by atoms with van der Waals surface area (Å²) >= 11 is 0. The van der Waals surface area contributed by atoms with Gasteiger partial charge < -0.3 is 14.9 Å². The summed E-state index contributed by atoms with van der Waals surface area (Å²) in [6, 6.07) is 2.80. The summed E-state index contributed by atoms with van der Waals surface area (Å²) in [6.07, 6.45) is -0.435. The van der Waals surface area contributed by atoms with Gasteiger partial charge in [-0.15, -0.1) is 0 Å². The van der Waals surface area contributed by atoms with Crippen molar-refractivity contribution in [3.63, 3.8) is 0 Å². The Labute approximate surface area is 91.7 Å². The Kier molecular flexibility index (Phi) is 3.94. The van der Waals surface area contributed by atoms with Crippen LogP contribution in [0.3, 0.4) is 0 Å². The Morgan fingerprint density at radius 1 is 1.56 bits per heavy atom. The van der Waals surface area contributed by atoms with Gasteiger partial charge in [-0.25, -0.2) is 4.79 Å². The van der Waals surface area contributed by atoms with Crippen molar-refractivity contribution in [3.05, 3.63) is 29.6 Å². The number of ether oxygens (including phenoxy) is 1. The van der Waals surface area contributed by atoms with Crippen molar-refractivity contribution in [2.75, 3.05) is 7.11 Å². The number of hydrogen-bond acceptors (Lipinski definition) is 6. The molecule has 2 unspecified atom stereocenters. The number of carbonyl (C=O) groups excluding carboxylic acids is 1. The van der Waals surface area contributed by atoms with Gasteiger partial charge in [-0.3, -0.25) is 4.98 Å². The van der Waals surface area contributed by atoms with E-state index in [0.29, 0.717) is 0 Å². The Morgan fingerprint density at radius 2 is 2.25 bits per heavy atom. The molecule has 0 bridgehead atoms. The van der Waals surface area contributed by atoms with Gasteiger partial charge in [-0.2, -0.15) is 5.26 Å². The van der Waals surface area contributed by atoms with Crippen LogP contribution in [0.1, 0.15) is 22.0 Å². The van der Waals surface area contributed by atoms with Gasteiger partial charge in [0.25, 0.3) is 0 Å². The number of carbonyl (C=O) groups is 1. The molecule has 1 heterocycles. The van der Waals surface area contributed by atoms with Crippen LogP contribution in [-0.2, 0) is 4.74 Å². The topological polar surface area (TPSA) is 103 Å². The fourth-order valence-corrected chi connectivity index (χ4v) is 1.10. The fourth-order valence-electron chi connectivity index (χ4n) is 1.10. The van der Waals surface area contributed by atoms with Crippen molar-refractivity contribution in [2.24, 2.45) is 0 Å². The smallest absolute Gasteiger partial charge is 0.339 e. The van der Waals surface area contributed by atoms with E-state index in [-0.39, 0.29) is 11.1 Å². The second kappa shape index (κ2) is 5.21. The molecule has 0 aliphatic rings. The molecule has 0 spiro atoms. The monoisotopic (exact) mass is 222 g/mol. The minimum atomic E-state index is -1.56. The summed E-state index contributed by atoms with van der Waals surface area (Å²) in [7, 11) is 1.22. The second-order valence-electron chi connectivity index (χ2n) is 3.02. The zero-order valence-corrected chi connectivity index (χ0v) is 8.49. The van der Waals surface area contributed by atoms with E-state index in [4.69, 9.17) is 10.4 Å². The first-order chi connectivity index (χ1) is 7.60. The molecular weight excluding hydrogens is 212 g/mol. The van der Waals surface area contributed by atoms with Crippen LogP contribution in [0.4, 0.5) is 0 Å². The van der Waals surface area contributed by atoms with Crippen molar-refractivity contribution in [2.45, 2.75) is 12.2 Å². The van der Waals surface area contributed by atoms with Gasteiger partial charge in [0, 0.05) is 18.0 Å². The third-order valence-corrected chi connectivity index (χ3v) is 1.95. The van der Waals surface area contributed by atoms with E-state index in [9.17, 15) is 9.90 Å². The molecule has 6 nitrogen and oxygen atoms in total. The van der Waals surface area contributed by atoms with Gasteiger partial charge in [-0.1, -0.05) is 0 Å². The molecule has 1 aromatic rings. The number of esters is 1. The predicted octanol–water partition coefficient (Wildman–Crippen LogP) is -0.214. The number of methoxy groups -OCH3 is 1. The number of aliphatic hydroxyl groups is 2. The third-order valence-electron chi connectivity index (χ3n) is 1.95. The van der Waals surface area contributed by atoms with Crippen LogP contribution >= 0.6 is 0 Å². The van der Waals surface area contributed by atoms with Crippen molar-refractivity contribution in [3.8, 4) is 6.07 Å². The standard InChI is InChI=1S/C10H10N2O4/c1-16-10(15)7-2-6(4-12-5-7)9(14)8(13)3-11/h2,4-5,8-9,13-14H,1H3. The molecule has 0 aliphatic heterocycles. The SMILES string of the molecule is COC(=O)c1cncc(C(O)C(O)C#N)c1. The predicted molar refractivity (Wildman–Crippen MR) is 52.2 cm³/mol. The molecule has 1 rings (SSSR count). The molecule has 0 saturated heterocycles. The lowest BCUT2D eigenvalue weighted by molar-refractivity contribution is 0.0519. The van der Waals surface area contributed by atoms with Crippen LogP contribution in [0.2, 0.25) is 0 Å². The summed E-state index contributed by atoms with van der Waals surface area (Å²) in [4.78, 5) is 14.9. The number of nitrogens with zero attached hydrogens (tertiary/aromatic N) is 2. The molecule has 1 aromatic heterocycles. The Hall–Kier alpha value is -1.97. The molecule has 0 saturated carbocycles. The second-order valence-corrected chi connectivity index (χ2v) is 3.02. The van der Waals surface area contributed by atoms with Crippen LogP contribution in [0.5, 0.6) is 0 Å². The molecule has 0 fully saturated rings. The number of aliphatic hydroxyl groups excluding tert-OH is 2. The van der Waals surface area contributed by atoms with Crippen molar-refractivity contribution < 1.29 is 19.7 Å². The highest BCUT2D eigenvalue weighted by Crippen LogP contribution is 2.16. The molecule has 16 heavy (non-hydrogen) atoms. The van der Waals surface area contributed by atoms with E-state index in [1.54, 1.807) is 0 Å². The Morgan fingerprint density at radius 3 is 2.81 bits per heavy atom. The molecule has 6 heteroatoms. The number of nitriles is 1. The average Bonchev–Trinajstić information content (AvgIpc) is 2.36. The van der Waals surface area contributed by atoms with Gasteiger partial charge in [0.05, 0.1) is 18.7 Å². The summed E-state index contributed by atoms with van der Waals surface area (Å²) in [5, 5.41) is 27.0. The van der Waals surface area contributed by atoms with Crippen molar-refractivity contribution in [1.82, 2.24) is 4.98 Å². The lowest BCUT2D eigenvalue weighted by atomic mass is 10.1. The zero-order valence-electron chi connectivity index (χ0n) is 8.49. The number of rotatable bonds is 3. The maximum atomic E-state index is 11.2. The highest BCUT2D eigenvalue weighted by molar-refractivity contribution is 5.89. The van der Waals surface area contributed by atoms with E-state index in [1.807, 2.05) is 0 Å². The molecule has 2 N–H and O–H groups in total. The number of hydrogen-bond donors (Lipinski definition) is 2. The summed E-state index contributed by atoms with van der Waals surface area (Å²) in [5.74, 6) is -0.604. The normalized spacial score (nSPS) is 13.6. The largest absolute Gasteiger partial charge is 0.465 e. The van der Waals surface area contributed by atoms with Gasteiger partial charge in [0.15, 0.2) is 6.10 Å². The van der Waals surface area contributed by atoms with E-state index >= 15 is 0 Å². The molecule has 2 atom stereocenters. The van der Waals surface area contributed by atoms with Gasteiger partial charge in [-0.05, 0) is 6.07 Å². The van der Waals surface area contributed by atoms with E-state index in [2.05, 4.69) is 9.72 Å². The van der Waals surface area contributed by atoms with Gasteiger partial charge >= 0.3 is 5.97 Å². The summed E-state index contributed by atoms with van der Waals surface area (Å²) < 4.78 is 4.47. The lowest BCUT2D eigenvalue weighted by Gasteiger charge is -2.11. The fraction of sp³-hybridized carbons (Fsp3) is 0.300. The number of pyridine rings is 1. The van der Waals surface area contributed by atoms with Gasteiger partial charge in [0.1, 0.15) is 6.10 Å². The minimum Gasteiger partial charge on any atom is -0.465 e. The molecular formula is C10H10N2O4. The molecule has 0 radical (unpaired) electrons. The first kappa shape index (κ1) is 12.1. The molecule has 0 aliphatic carbocycles. The van der Waals surface area contributed by atoms with E-state index < -0.39 is 18.2 Å². The van der Waals surface area contributed by atoms with Crippen LogP contribution in [-0.4, -0.2) is 34.4 Å². The quantitative estimate of drug-likeness (QED) is 0.541. The van der Waals surface area contributed by atoms with Crippen LogP contribution in [0, 0.1) is 11.3 Å². The zero-order chi connectivity index (χ0) is 12.1. The average molecular weight is 222 g/mol. The first-order valence-corrected chi connectivity index (χ1v) is 4.39. The van der Waals surface area contributed by atoms with Crippen LogP contribution < -0.4 is 0 Å². The van der Waals surface area contributed by atoms with Crippen molar-refractivity contribution >= 4 is 5.97 Å². The van der Waals surface area contributed by atoms with Crippen molar-refractivity contribution in [1.29, 1.82) is 5.26 Å². The maximum absolute atomic E-state index is 11.2. The maximum Gasteiger partial charge on any atom is 0.339 e. The third kappa shape index (κ3) is 2.53. The van der Waals surface area contributed by atoms with Crippen LogP contribution in [0.15, 0.2) is 18.5 Å².